The average Bonchev–Trinajstić information content (AvgIpc) is 3.01. The molecule has 0 aliphatic rings. The van der Waals surface area contributed by atoms with Gasteiger partial charge in [0.25, 0.3) is 0 Å². The predicted octanol–water partition coefficient (Wildman–Crippen LogP) is 3.90. The number of imidazole rings is 1. The maximum Gasteiger partial charge on any atom is 0.338 e. The zero-order chi connectivity index (χ0) is 24.2. The molecule has 11 heteroatoms. The summed E-state index contributed by atoms with van der Waals surface area (Å²) < 4.78 is 14.8. The van der Waals surface area contributed by atoms with Gasteiger partial charge >= 0.3 is 5.69 Å². The Kier molecular flexibility index (Phi) is 8.32. The van der Waals surface area contributed by atoms with Gasteiger partial charge in [-0.3, -0.25) is 4.57 Å². The Bertz CT molecular complexity index is 1160. The molecule has 0 aromatic carbocycles. The summed E-state index contributed by atoms with van der Waals surface area (Å²) in [7, 11) is -1.27. The topological polar surface area (TPSA) is 112 Å². The summed E-state index contributed by atoms with van der Waals surface area (Å²) in [4.78, 5) is 22.2. The summed E-state index contributed by atoms with van der Waals surface area (Å²) in [5, 5.41) is 20.0. The van der Waals surface area contributed by atoms with Crippen molar-refractivity contribution in [1.82, 2.24) is 19.1 Å². The molecule has 0 fully saturated rings. The number of ether oxygens (including phenoxy) is 2. The zero-order valence-electron chi connectivity index (χ0n) is 19.4. The number of hydrogen-bond donors (Lipinski definition) is 2. The predicted molar refractivity (Wildman–Crippen MR) is 133 cm³/mol. The van der Waals surface area contributed by atoms with E-state index in [9.17, 15) is 15.0 Å². The molecule has 0 amide bonds. The minimum atomic E-state index is -1.27. The van der Waals surface area contributed by atoms with Crippen LogP contribution in [0.15, 0.2) is 33.7 Å². The Hall–Kier alpha value is -2.21. The smallest absolute Gasteiger partial charge is 0.338 e. The van der Waals surface area contributed by atoms with Gasteiger partial charge in [0.2, 0.25) is 5.88 Å². The minimum Gasteiger partial charge on any atom is -0.506 e. The van der Waals surface area contributed by atoms with E-state index < -0.39 is 19.9 Å². The van der Waals surface area contributed by atoms with E-state index in [-0.39, 0.29) is 23.8 Å². The highest BCUT2D eigenvalue weighted by Gasteiger charge is 2.22. The van der Waals surface area contributed by atoms with Gasteiger partial charge in [0.15, 0.2) is 11.5 Å². The standard InChI is InChI=1S/C22H31BrN4O5Si/c1-15(28)6-5-11-32-18-8-7-16(23)20(25-18)27-19-17(29)9-10-24-21(19)26(22(27)30)14-31-12-13-33(2,3)4/h7-10,15,28H,5-6,11-14H2,1-4H3,(H,24,29). The number of fused-ring (bicyclic) bond motifs is 1. The number of aromatic nitrogens is 4. The van der Waals surface area contributed by atoms with Gasteiger partial charge in [-0.25, -0.2) is 14.3 Å². The number of aliphatic hydroxyl groups excluding tert-OH is 1. The van der Waals surface area contributed by atoms with Gasteiger partial charge in [-0.2, -0.15) is 4.98 Å². The molecule has 33 heavy (non-hydrogen) atoms. The van der Waals surface area contributed by atoms with Gasteiger partial charge in [0.05, 0.1) is 17.2 Å². The molecule has 0 radical (unpaired) electrons. The largest absolute Gasteiger partial charge is 0.506 e. The number of aliphatic hydroxyl groups is 1. The van der Waals surface area contributed by atoms with E-state index in [1.807, 2.05) is 0 Å². The van der Waals surface area contributed by atoms with E-state index in [2.05, 4.69) is 45.5 Å². The Balaban J connectivity index is 1.95. The average molecular weight is 540 g/mol. The maximum atomic E-state index is 13.4. The highest BCUT2D eigenvalue weighted by atomic mass is 79.9. The summed E-state index contributed by atoms with van der Waals surface area (Å²) in [6, 6.07) is 5.83. The molecule has 0 bridgehead atoms. The summed E-state index contributed by atoms with van der Waals surface area (Å²) in [6.07, 6.45) is 2.34. The first kappa shape index (κ1) is 25.4. The van der Waals surface area contributed by atoms with E-state index in [1.54, 1.807) is 19.1 Å². The van der Waals surface area contributed by atoms with Crippen LogP contribution < -0.4 is 10.4 Å². The van der Waals surface area contributed by atoms with Crippen molar-refractivity contribution < 1.29 is 19.7 Å². The van der Waals surface area contributed by atoms with Crippen molar-refractivity contribution in [1.29, 1.82) is 0 Å². The fraction of sp³-hybridized carbons (Fsp3) is 0.500. The highest BCUT2D eigenvalue weighted by Crippen LogP contribution is 2.28. The fourth-order valence-corrected chi connectivity index (χ4v) is 4.36. The number of aromatic hydroxyl groups is 1. The van der Waals surface area contributed by atoms with E-state index in [4.69, 9.17) is 9.47 Å². The molecule has 1 unspecified atom stereocenters. The lowest BCUT2D eigenvalue weighted by molar-refractivity contribution is 0.0871. The fourth-order valence-electron chi connectivity index (χ4n) is 3.21. The molecular formula is C22H31BrN4O5Si. The summed E-state index contributed by atoms with van der Waals surface area (Å²) in [5.41, 5.74) is 0.132. The molecule has 2 N–H and O–H groups in total. The van der Waals surface area contributed by atoms with Gasteiger partial charge in [-0.05, 0) is 47.8 Å². The van der Waals surface area contributed by atoms with Gasteiger partial charge < -0.3 is 19.7 Å². The molecular weight excluding hydrogens is 508 g/mol. The van der Waals surface area contributed by atoms with Crippen molar-refractivity contribution in [2.75, 3.05) is 13.2 Å². The van der Waals surface area contributed by atoms with Gasteiger partial charge in [-0.1, -0.05) is 19.6 Å². The normalized spacial score (nSPS) is 12.9. The molecule has 0 saturated heterocycles. The van der Waals surface area contributed by atoms with E-state index in [0.29, 0.717) is 42.1 Å². The van der Waals surface area contributed by atoms with Crippen molar-refractivity contribution in [3.63, 3.8) is 0 Å². The molecule has 0 aliphatic carbocycles. The molecule has 3 aromatic rings. The van der Waals surface area contributed by atoms with Crippen LogP contribution in [-0.4, -0.2) is 56.7 Å². The molecule has 0 saturated carbocycles. The van der Waals surface area contributed by atoms with Crippen molar-refractivity contribution in [2.45, 2.75) is 58.3 Å². The first-order valence-electron chi connectivity index (χ1n) is 10.9. The zero-order valence-corrected chi connectivity index (χ0v) is 22.0. The Labute approximate surface area is 202 Å². The molecule has 1 atom stereocenters. The Morgan fingerprint density at radius 1 is 1.21 bits per heavy atom. The first-order valence-corrected chi connectivity index (χ1v) is 15.4. The third kappa shape index (κ3) is 6.43. The monoisotopic (exact) mass is 538 g/mol. The number of halogens is 1. The summed E-state index contributed by atoms with van der Waals surface area (Å²) in [5.74, 6) is 0.526. The summed E-state index contributed by atoms with van der Waals surface area (Å²) >= 11 is 3.46. The minimum absolute atomic E-state index is 0.0242. The first-order chi connectivity index (χ1) is 15.6. The number of rotatable bonds is 11. The van der Waals surface area contributed by atoms with Gasteiger partial charge in [0.1, 0.15) is 18.0 Å². The molecule has 180 valence electrons. The third-order valence-corrected chi connectivity index (χ3v) is 7.35. The molecule has 0 aliphatic heterocycles. The Morgan fingerprint density at radius 2 is 1.97 bits per heavy atom. The molecule has 3 heterocycles. The van der Waals surface area contributed by atoms with Crippen molar-refractivity contribution in [2.24, 2.45) is 0 Å². The van der Waals surface area contributed by atoms with E-state index in [1.165, 1.54) is 21.4 Å². The van der Waals surface area contributed by atoms with Gasteiger partial charge in [-0.15, -0.1) is 0 Å². The van der Waals surface area contributed by atoms with Crippen LogP contribution >= 0.6 is 15.9 Å². The van der Waals surface area contributed by atoms with E-state index >= 15 is 0 Å². The quantitative estimate of drug-likeness (QED) is 0.281. The van der Waals surface area contributed by atoms with Crippen molar-refractivity contribution in [3.05, 3.63) is 39.4 Å². The lowest BCUT2D eigenvalue weighted by Gasteiger charge is -2.15. The molecule has 9 nitrogen and oxygen atoms in total. The van der Waals surface area contributed by atoms with Crippen LogP contribution in [0, 0.1) is 0 Å². The molecule has 3 rings (SSSR count). The second-order valence-electron chi connectivity index (χ2n) is 9.19. The number of hydrogen-bond acceptors (Lipinski definition) is 7. The lowest BCUT2D eigenvalue weighted by atomic mass is 10.2. The van der Waals surface area contributed by atoms with Crippen LogP contribution in [0.25, 0.3) is 17.0 Å². The van der Waals surface area contributed by atoms with Gasteiger partial charge in [0, 0.05) is 33.0 Å². The highest BCUT2D eigenvalue weighted by molar-refractivity contribution is 9.10. The second-order valence-corrected chi connectivity index (χ2v) is 15.7. The van der Waals surface area contributed by atoms with Crippen molar-refractivity contribution in [3.8, 4) is 17.4 Å². The van der Waals surface area contributed by atoms with Crippen LogP contribution in [0.1, 0.15) is 19.8 Å². The van der Waals surface area contributed by atoms with Crippen molar-refractivity contribution >= 4 is 35.2 Å². The second kappa shape index (κ2) is 10.8. The molecule has 3 aromatic heterocycles. The number of nitrogens with zero attached hydrogens (tertiary/aromatic N) is 4. The Morgan fingerprint density at radius 3 is 2.67 bits per heavy atom. The maximum absolute atomic E-state index is 13.4. The van der Waals surface area contributed by atoms with Crippen LogP contribution in [0.4, 0.5) is 0 Å². The lowest BCUT2D eigenvalue weighted by Crippen LogP contribution is -2.26. The van der Waals surface area contributed by atoms with Crippen LogP contribution in [0.2, 0.25) is 25.7 Å². The third-order valence-electron chi connectivity index (χ3n) is 5.03. The van der Waals surface area contributed by atoms with Crippen LogP contribution in [0.3, 0.4) is 0 Å². The molecule has 0 spiro atoms. The number of pyridine rings is 2. The summed E-state index contributed by atoms with van der Waals surface area (Å²) in [6.45, 7) is 9.46. The van der Waals surface area contributed by atoms with Crippen LogP contribution in [-0.2, 0) is 11.5 Å². The van der Waals surface area contributed by atoms with Crippen LogP contribution in [0.5, 0.6) is 11.6 Å². The van der Waals surface area contributed by atoms with E-state index in [0.717, 1.165) is 6.04 Å². The SMILES string of the molecule is CC(O)CCCOc1ccc(Br)c(-n2c(=O)n(COCC[Si](C)(C)C)c3nccc(O)c32)n1.